The molecular formula is C26H31N5O3. The Kier molecular flexibility index (Phi) is 8.59. The van der Waals surface area contributed by atoms with Gasteiger partial charge in [0, 0.05) is 43.9 Å². The smallest absolute Gasteiger partial charge is 0.407 e. The molecule has 0 bridgehead atoms. The topological polar surface area (TPSA) is 126 Å². The minimum Gasteiger partial charge on any atom is -0.465 e. The third kappa shape index (κ3) is 7.05. The fourth-order valence-electron chi connectivity index (χ4n) is 3.75. The average Bonchev–Trinajstić information content (AvgIpc) is 2.84. The van der Waals surface area contributed by atoms with Crippen molar-refractivity contribution in [3.05, 3.63) is 83.4 Å². The average molecular weight is 462 g/mol. The molecule has 4 rings (SSSR count). The summed E-state index contributed by atoms with van der Waals surface area (Å²) in [5.74, 6) is 0.162. The van der Waals surface area contributed by atoms with E-state index in [-0.39, 0.29) is 5.91 Å². The van der Waals surface area contributed by atoms with Gasteiger partial charge in [0.1, 0.15) is 5.82 Å². The fourth-order valence-corrected chi connectivity index (χ4v) is 3.75. The van der Waals surface area contributed by atoms with Crippen molar-refractivity contribution < 1.29 is 14.7 Å². The van der Waals surface area contributed by atoms with Gasteiger partial charge in [-0.2, -0.15) is 0 Å². The van der Waals surface area contributed by atoms with Crippen molar-refractivity contribution in [1.29, 1.82) is 0 Å². The number of carbonyl (C=O) groups excluding carboxylic acids is 1. The Morgan fingerprint density at radius 2 is 1.62 bits per heavy atom. The van der Waals surface area contributed by atoms with E-state index in [0.29, 0.717) is 24.5 Å². The Bertz CT molecular complexity index is 1110. The molecule has 2 amide bonds. The lowest BCUT2D eigenvalue weighted by Gasteiger charge is -2.33. The van der Waals surface area contributed by atoms with Crippen LogP contribution in [0.3, 0.4) is 0 Å². The van der Waals surface area contributed by atoms with Gasteiger partial charge in [0.2, 0.25) is 5.91 Å². The maximum absolute atomic E-state index is 10.9. The highest BCUT2D eigenvalue weighted by atomic mass is 16.4. The number of nitrogens with zero attached hydrogens (tertiary/aromatic N) is 3. The molecule has 3 aromatic rings. The number of pyridine rings is 1. The Morgan fingerprint density at radius 3 is 2.18 bits per heavy atom. The number of carboxylic acid groups (broad SMARTS) is 1. The standard InChI is InChI=1S/C18H22N4O2.C8H9NO/c19-17-3-1-2-16(20-17)15-6-4-14(5-7-15)8-9-21-10-12-22(13-11-21)18(23)24;1-6-4-2-3-5-7(6)8(9)10/h1-7H,8-13H2,(H2,19,20)(H,23,24);2-5H,1H3,(H2,9,10). The molecule has 0 unspecified atom stereocenters. The van der Waals surface area contributed by atoms with Crippen LogP contribution in [0.5, 0.6) is 0 Å². The van der Waals surface area contributed by atoms with Gasteiger partial charge in [-0.1, -0.05) is 48.5 Å². The summed E-state index contributed by atoms with van der Waals surface area (Å²) >= 11 is 0. The summed E-state index contributed by atoms with van der Waals surface area (Å²) in [6, 6.07) is 21.3. The Labute approximate surface area is 199 Å². The number of amides is 2. The van der Waals surface area contributed by atoms with Crippen LogP contribution in [0.1, 0.15) is 21.5 Å². The van der Waals surface area contributed by atoms with Crippen LogP contribution in [0.2, 0.25) is 0 Å². The molecule has 1 fully saturated rings. The van der Waals surface area contributed by atoms with Gasteiger partial charge in [-0.05, 0) is 42.7 Å². The predicted octanol–water partition coefficient (Wildman–Crippen LogP) is 3.26. The molecule has 0 radical (unpaired) electrons. The summed E-state index contributed by atoms with van der Waals surface area (Å²) in [5, 5.41) is 8.96. The van der Waals surface area contributed by atoms with Crippen molar-refractivity contribution in [3.63, 3.8) is 0 Å². The number of hydrogen-bond donors (Lipinski definition) is 3. The molecule has 178 valence electrons. The van der Waals surface area contributed by atoms with E-state index < -0.39 is 6.09 Å². The molecule has 1 aliphatic heterocycles. The number of rotatable bonds is 5. The minimum atomic E-state index is -0.819. The molecule has 2 aromatic carbocycles. The third-order valence-corrected chi connectivity index (χ3v) is 5.79. The van der Waals surface area contributed by atoms with Crippen LogP contribution in [0.4, 0.5) is 10.6 Å². The first-order valence-electron chi connectivity index (χ1n) is 11.2. The van der Waals surface area contributed by atoms with Crippen molar-refractivity contribution in [2.24, 2.45) is 5.73 Å². The summed E-state index contributed by atoms with van der Waals surface area (Å²) in [5.41, 5.74) is 15.5. The molecule has 8 nitrogen and oxygen atoms in total. The Hall–Kier alpha value is -3.91. The number of aryl methyl sites for hydroxylation is 1. The summed E-state index contributed by atoms with van der Waals surface area (Å²) < 4.78 is 0. The number of benzene rings is 2. The summed E-state index contributed by atoms with van der Waals surface area (Å²) in [7, 11) is 0. The number of primary amides is 1. The molecule has 0 atom stereocenters. The Morgan fingerprint density at radius 1 is 0.941 bits per heavy atom. The van der Waals surface area contributed by atoms with E-state index >= 15 is 0 Å². The summed E-state index contributed by atoms with van der Waals surface area (Å²) in [6.07, 6.45) is 0.137. The second-order valence-corrected chi connectivity index (χ2v) is 8.19. The van der Waals surface area contributed by atoms with Gasteiger partial charge in [0.25, 0.3) is 0 Å². The molecule has 1 aromatic heterocycles. The quantitative estimate of drug-likeness (QED) is 0.535. The Balaban J connectivity index is 0.000000271. The van der Waals surface area contributed by atoms with Crippen LogP contribution >= 0.6 is 0 Å². The predicted molar refractivity (Wildman–Crippen MR) is 134 cm³/mol. The highest BCUT2D eigenvalue weighted by molar-refractivity contribution is 5.94. The molecule has 0 aliphatic carbocycles. The number of nitrogen functional groups attached to an aromatic ring is 1. The lowest BCUT2D eigenvalue weighted by molar-refractivity contribution is 0.0999. The van der Waals surface area contributed by atoms with Crippen molar-refractivity contribution in [1.82, 2.24) is 14.8 Å². The fraction of sp³-hybridized carbons (Fsp3) is 0.269. The maximum atomic E-state index is 10.9. The van der Waals surface area contributed by atoms with Crippen LogP contribution in [-0.4, -0.2) is 64.6 Å². The zero-order chi connectivity index (χ0) is 24.5. The van der Waals surface area contributed by atoms with Gasteiger partial charge >= 0.3 is 6.09 Å². The van der Waals surface area contributed by atoms with Crippen LogP contribution in [-0.2, 0) is 6.42 Å². The van der Waals surface area contributed by atoms with Gasteiger partial charge in [0.05, 0.1) is 5.69 Å². The second-order valence-electron chi connectivity index (χ2n) is 8.19. The maximum Gasteiger partial charge on any atom is 0.407 e. The summed E-state index contributed by atoms with van der Waals surface area (Å²) in [4.78, 5) is 29.7. The van der Waals surface area contributed by atoms with E-state index in [1.54, 1.807) is 18.2 Å². The van der Waals surface area contributed by atoms with Gasteiger partial charge in [0.15, 0.2) is 0 Å². The van der Waals surface area contributed by atoms with Crippen molar-refractivity contribution in [2.75, 3.05) is 38.5 Å². The summed E-state index contributed by atoms with van der Waals surface area (Å²) in [6.45, 7) is 5.60. The first-order valence-corrected chi connectivity index (χ1v) is 11.2. The highest BCUT2D eigenvalue weighted by Crippen LogP contribution is 2.19. The zero-order valence-corrected chi connectivity index (χ0v) is 19.4. The number of aromatic nitrogens is 1. The molecule has 1 saturated heterocycles. The zero-order valence-electron chi connectivity index (χ0n) is 19.4. The van der Waals surface area contributed by atoms with Crippen molar-refractivity contribution >= 4 is 17.8 Å². The van der Waals surface area contributed by atoms with Gasteiger partial charge in [-0.3, -0.25) is 9.69 Å². The molecule has 0 saturated carbocycles. The normalized spacial score (nSPS) is 13.6. The molecule has 34 heavy (non-hydrogen) atoms. The SMILES string of the molecule is Cc1ccccc1C(N)=O.Nc1cccc(-c2ccc(CCN3CCN(C(=O)O)CC3)cc2)n1. The van der Waals surface area contributed by atoms with E-state index in [0.717, 1.165) is 42.9 Å². The molecule has 2 heterocycles. The van der Waals surface area contributed by atoms with Gasteiger partial charge in [-0.15, -0.1) is 0 Å². The van der Waals surface area contributed by atoms with E-state index in [9.17, 15) is 9.59 Å². The second kappa shape index (κ2) is 11.8. The molecule has 8 heteroatoms. The highest BCUT2D eigenvalue weighted by Gasteiger charge is 2.19. The number of anilines is 1. The lowest BCUT2D eigenvalue weighted by atomic mass is 10.1. The number of nitrogens with two attached hydrogens (primary N) is 2. The first kappa shape index (κ1) is 24.7. The van der Waals surface area contributed by atoms with Crippen molar-refractivity contribution in [2.45, 2.75) is 13.3 Å². The number of carbonyl (C=O) groups is 2. The first-order chi connectivity index (χ1) is 16.3. The molecular weight excluding hydrogens is 430 g/mol. The molecule has 1 aliphatic rings. The largest absolute Gasteiger partial charge is 0.465 e. The van der Waals surface area contributed by atoms with Crippen LogP contribution in [0, 0.1) is 6.92 Å². The third-order valence-electron chi connectivity index (χ3n) is 5.79. The van der Waals surface area contributed by atoms with Gasteiger partial charge in [-0.25, -0.2) is 9.78 Å². The van der Waals surface area contributed by atoms with Crippen LogP contribution in [0.25, 0.3) is 11.3 Å². The van der Waals surface area contributed by atoms with Crippen molar-refractivity contribution in [3.8, 4) is 11.3 Å². The van der Waals surface area contributed by atoms with Gasteiger partial charge < -0.3 is 21.5 Å². The number of piperazine rings is 1. The number of hydrogen-bond acceptors (Lipinski definition) is 5. The van der Waals surface area contributed by atoms with E-state index in [2.05, 4.69) is 34.1 Å². The van der Waals surface area contributed by atoms with E-state index in [1.165, 1.54) is 10.5 Å². The molecule has 5 N–H and O–H groups in total. The van der Waals surface area contributed by atoms with E-state index in [1.807, 2.05) is 31.2 Å². The van der Waals surface area contributed by atoms with Crippen LogP contribution in [0.15, 0.2) is 66.7 Å². The minimum absolute atomic E-state index is 0.363. The van der Waals surface area contributed by atoms with E-state index in [4.69, 9.17) is 16.6 Å². The monoisotopic (exact) mass is 461 g/mol. The van der Waals surface area contributed by atoms with Crippen LogP contribution < -0.4 is 11.5 Å². The molecule has 0 spiro atoms. The lowest BCUT2D eigenvalue weighted by Crippen LogP contribution is -2.48.